The van der Waals surface area contributed by atoms with Crippen LogP contribution in [0.2, 0.25) is 0 Å². The molecule has 6 rings (SSSR count). The number of hydrogen-bond acceptors (Lipinski definition) is 5. The van der Waals surface area contributed by atoms with Crippen LogP contribution < -0.4 is 4.74 Å². The molecule has 238 valence electrons. The second-order valence-electron chi connectivity index (χ2n) is 12.7. The Hall–Kier alpha value is -3.28. The fourth-order valence-electron chi connectivity index (χ4n) is 6.61. The molecular formula is C41H44O3S2. The van der Waals surface area contributed by atoms with Crippen molar-refractivity contribution in [3.05, 3.63) is 113 Å². The van der Waals surface area contributed by atoms with Gasteiger partial charge in [-0.15, -0.1) is 0 Å². The van der Waals surface area contributed by atoms with Crippen molar-refractivity contribution in [3.8, 4) is 5.75 Å². The summed E-state index contributed by atoms with van der Waals surface area (Å²) in [6.45, 7) is 3.03. The first-order chi connectivity index (χ1) is 22.6. The monoisotopic (exact) mass is 648 g/mol. The number of carbonyl (C=O) groups excluding carboxylic acids is 2. The molecule has 1 fully saturated rings. The summed E-state index contributed by atoms with van der Waals surface area (Å²) in [5.74, 6) is 1.37. The van der Waals surface area contributed by atoms with Crippen molar-refractivity contribution < 1.29 is 14.3 Å². The highest BCUT2D eigenvalue weighted by Gasteiger charge is 2.33. The summed E-state index contributed by atoms with van der Waals surface area (Å²) < 4.78 is 6.09. The Balaban J connectivity index is 1.13. The maximum absolute atomic E-state index is 14.0. The average Bonchev–Trinajstić information content (AvgIpc) is 3.09. The summed E-state index contributed by atoms with van der Waals surface area (Å²) in [5.41, 5.74) is 3.34. The Morgan fingerprint density at radius 1 is 0.630 bits per heavy atom. The van der Waals surface area contributed by atoms with Gasteiger partial charge in [0, 0.05) is 41.8 Å². The lowest BCUT2D eigenvalue weighted by molar-refractivity contribution is 0.0974. The first-order valence-corrected chi connectivity index (χ1v) is 18.8. The molecule has 0 saturated heterocycles. The number of hydrogen-bond donors (Lipinski definition) is 0. The molecule has 0 unspecified atom stereocenters. The van der Waals surface area contributed by atoms with Gasteiger partial charge in [0.15, 0.2) is 11.6 Å². The largest absolute Gasteiger partial charge is 0.493 e. The van der Waals surface area contributed by atoms with Crippen molar-refractivity contribution >= 4 is 35.1 Å². The van der Waals surface area contributed by atoms with Crippen LogP contribution in [0.1, 0.15) is 115 Å². The van der Waals surface area contributed by atoms with Gasteiger partial charge in [0.05, 0.1) is 6.61 Å². The molecule has 0 spiro atoms. The minimum atomic E-state index is -0.0862. The van der Waals surface area contributed by atoms with Gasteiger partial charge in [0.25, 0.3) is 0 Å². The van der Waals surface area contributed by atoms with Crippen LogP contribution in [0.15, 0.2) is 105 Å². The molecule has 0 aromatic heterocycles. The molecule has 5 heteroatoms. The normalized spacial score (nSPS) is 14.6. The first-order valence-electron chi connectivity index (χ1n) is 17.1. The maximum atomic E-state index is 14.0. The van der Waals surface area contributed by atoms with Gasteiger partial charge in [-0.3, -0.25) is 9.59 Å². The number of ether oxygens (including phenoxy) is 1. The van der Waals surface area contributed by atoms with E-state index >= 15 is 0 Å². The van der Waals surface area contributed by atoms with E-state index in [1.54, 1.807) is 23.9 Å². The minimum Gasteiger partial charge on any atom is -0.493 e. The predicted octanol–water partition coefficient (Wildman–Crippen LogP) is 11.6. The van der Waals surface area contributed by atoms with Crippen molar-refractivity contribution in [1.82, 2.24) is 0 Å². The Morgan fingerprint density at radius 3 is 1.76 bits per heavy atom. The van der Waals surface area contributed by atoms with Gasteiger partial charge in [0.2, 0.25) is 0 Å². The Labute approximate surface area is 282 Å². The highest BCUT2D eigenvalue weighted by atomic mass is 32.2. The molecule has 0 bridgehead atoms. The summed E-state index contributed by atoms with van der Waals surface area (Å²) in [7, 11) is 0. The molecule has 4 aromatic carbocycles. The van der Waals surface area contributed by atoms with Gasteiger partial charge in [-0.2, -0.15) is 0 Å². The molecule has 0 aliphatic heterocycles. The number of ketones is 2. The second-order valence-corrected chi connectivity index (χ2v) is 14.9. The summed E-state index contributed by atoms with van der Waals surface area (Å²) in [6.07, 6.45) is 15.4. The molecule has 2 aliphatic carbocycles. The van der Waals surface area contributed by atoms with Gasteiger partial charge in [0.1, 0.15) is 5.75 Å². The lowest BCUT2D eigenvalue weighted by atomic mass is 9.84. The van der Waals surface area contributed by atoms with Crippen molar-refractivity contribution in [2.45, 2.75) is 104 Å². The summed E-state index contributed by atoms with van der Waals surface area (Å²) in [6, 6.07) is 28.0. The molecule has 0 heterocycles. The second kappa shape index (κ2) is 16.0. The molecule has 46 heavy (non-hydrogen) atoms. The van der Waals surface area contributed by atoms with Gasteiger partial charge in [-0.05, 0) is 85.7 Å². The van der Waals surface area contributed by atoms with Crippen molar-refractivity contribution in [1.29, 1.82) is 0 Å². The van der Waals surface area contributed by atoms with Crippen LogP contribution >= 0.6 is 23.5 Å². The number of carbonyl (C=O) groups is 2. The van der Waals surface area contributed by atoms with E-state index in [9.17, 15) is 9.59 Å². The van der Waals surface area contributed by atoms with Crippen LogP contribution in [-0.2, 0) is 6.42 Å². The van der Waals surface area contributed by atoms with E-state index in [-0.39, 0.29) is 11.6 Å². The third kappa shape index (κ3) is 7.98. The van der Waals surface area contributed by atoms with E-state index in [4.69, 9.17) is 4.74 Å². The molecular weight excluding hydrogens is 605 g/mol. The van der Waals surface area contributed by atoms with E-state index in [1.165, 1.54) is 88.0 Å². The number of aryl methyl sites for hydroxylation is 1. The van der Waals surface area contributed by atoms with Gasteiger partial charge in [-0.25, -0.2) is 0 Å². The van der Waals surface area contributed by atoms with Crippen LogP contribution in [0.25, 0.3) is 0 Å². The van der Waals surface area contributed by atoms with E-state index < -0.39 is 0 Å². The zero-order valence-electron chi connectivity index (χ0n) is 26.9. The molecule has 1 saturated carbocycles. The standard InChI is InChI=1S/C41H44O3S2/c1-2-3-4-5-6-8-13-29-20-24-32(25-21-29)45-36-18-11-16-34-38(36)40(42)35-17-12-19-37(39(35)41(34)43)46-33-26-22-31(23-27-33)44-28-30-14-9-7-10-15-30/h11-12,16-27,30H,2-10,13-15,28H2,1H3. The number of unbranched alkanes of at least 4 members (excludes halogenated alkanes) is 5. The number of rotatable bonds is 14. The molecule has 4 aromatic rings. The van der Waals surface area contributed by atoms with Crippen LogP contribution in [0.5, 0.6) is 5.75 Å². The van der Waals surface area contributed by atoms with Crippen molar-refractivity contribution in [2.75, 3.05) is 6.61 Å². The number of benzene rings is 4. The summed E-state index contributed by atoms with van der Waals surface area (Å²) in [4.78, 5) is 31.7. The lowest BCUT2D eigenvalue weighted by Crippen LogP contribution is -2.22. The minimum absolute atomic E-state index is 0.0821. The lowest BCUT2D eigenvalue weighted by Gasteiger charge is -2.22. The highest BCUT2D eigenvalue weighted by Crippen LogP contribution is 2.41. The Bertz CT molecular complexity index is 1640. The summed E-state index contributed by atoms with van der Waals surface area (Å²) >= 11 is 3.08. The van der Waals surface area contributed by atoms with Crippen LogP contribution in [-0.4, -0.2) is 18.2 Å². The van der Waals surface area contributed by atoms with Crippen LogP contribution in [0.4, 0.5) is 0 Å². The smallest absolute Gasteiger partial charge is 0.195 e. The fraction of sp³-hybridized carbons (Fsp3) is 0.366. The molecule has 3 nitrogen and oxygen atoms in total. The molecule has 0 atom stereocenters. The van der Waals surface area contributed by atoms with Gasteiger partial charge >= 0.3 is 0 Å². The SMILES string of the molecule is CCCCCCCCc1ccc(Sc2cccc3c2C(=O)c2cccc(Sc4ccc(OCC5CCCCC5)cc4)c2C3=O)cc1. The quantitative estimate of drug-likeness (QED) is 0.112. The van der Waals surface area contributed by atoms with Gasteiger partial charge in [-0.1, -0.05) is 118 Å². The van der Waals surface area contributed by atoms with Gasteiger partial charge < -0.3 is 4.74 Å². The Morgan fingerprint density at radius 2 is 1.17 bits per heavy atom. The molecule has 0 radical (unpaired) electrons. The third-order valence-electron chi connectivity index (χ3n) is 9.23. The van der Waals surface area contributed by atoms with Crippen molar-refractivity contribution in [2.24, 2.45) is 5.92 Å². The topological polar surface area (TPSA) is 43.4 Å². The third-order valence-corrected chi connectivity index (χ3v) is 11.4. The molecule has 0 N–H and O–H groups in total. The van der Waals surface area contributed by atoms with Crippen LogP contribution in [0, 0.1) is 5.92 Å². The zero-order valence-corrected chi connectivity index (χ0v) is 28.5. The predicted molar refractivity (Wildman–Crippen MR) is 190 cm³/mol. The molecule has 0 amide bonds. The highest BCUT2D eigenvalue weighted by molar-refractivity contribution is 7.99. The van der Waals surface area contributed by atoms with E-state index in [0.29, 0.717) is 28.2 Å². The van der Waals surface area contributed by atoms with E-state index in [0.717, 1.165) is 38.4 Å². The summed E-state index contributed by atoms with van der Waals surface area (Å²) in [5, 5.41) is 0. The van der Waals surface area contributed by atoms with Crippen molar-refractivity contribution in [3.63, 3.8) is 0 Å². The fourth-order valence-corrected chi connectivity index (χ4v) is 8.56. The first kappa shape index (κ1) is 32.7. The Kier molecular flexibility index (Phi) is 11.4. The van der Waals surface area contributed by atoms with E-state index in [2.05, 4.69) is 31.2 Å². The van der Waals surface area contributed by atoms with E-state index in [1.807, 2.05) is 48.5 Å². The number of fused-ring (bicyclic) bond motifs is 2. The molecule has 2 aliphatic rings. The average molecular weight is 649 g/mol. The van der Waals surface area contributed by atoms with Crippen LogP contribution in [0.3, 0.4) is 0 Å². The maximum Gasteiger partial charge on any atom is 0.195 e. The zero-order chi connectivity index (χ0) is 31.7.